The second kappa shape index (κ2) is 16.6. The van der Waals surface area contributed by atoms with Crippen molar-refractivity contribution in [3.63, 3.8) is 0 Å². The number of methoxy groups -OCH3 is 1. The molecule has 0 aliphatic heterocycles. The summed E-state index contributed by atoms with van der Waals surface area (Å²) in [6.45, 7) is 2.33. The summed E-state index contributed by atoms with van der Waals surface area (Å²) in [4.78, 5) is 26.6. The first-order valence-electron chi connectivity index (χ1n) is 19.9. The molecule has 5 heteroatoms. The first-order chi connectivity index (χ1) is 21.9. The van der Waals surface area contributed by atoms with Crippen LogP contribution in [0.5, 0.6) is 0 Å². The van der Waals surface area contributed by atoms with Crippen molar-refractivity contribution in [1.82, 2.24) is 0 Å². The van der Waals surface area contributed by atoms with Crippen LogP contribution in [0.3, 0.4) is 0 Å². The van der Waals surface area contributed by atoms with Gasteiger partial charge in [0.25, 0.3) is 0 Å². The van der Waals surface area contributed by atoms with Gasteiger partial charge in [-0.2, -0.15) is 0 Å². The normalized spacial score (nSPS) is 43.4. The molecule has 0 N–H and O–H groups in total. The van der Waals surface area contributed by atoms with Gasteiger partial charge in [-0.3, -0.25) is 9.59 Å². The van der Waals surface area contributed by atoms with E-state index in [2.05, 4.69) is 6.92 Å². The van der Waals surface area contributed by atoms with Gasteiger partial charge in [-0.15, -0.1) is 0 Å². The number of carbonyl (C=O) groups excluding carboxylic acids is 2. The number of Topliss-reactive ketones (excluding diaryl/α,β-unsaturated/α-hetero) is 2. The highest BCUT2D eigenvalue weighted by Gasteiger charge is 2.38. The van der Waals surface area contributed by atoms with Crippen LogP contribution in [0.15, 0.2) is 0 Å². The number of ketones is 2. The van der Waals surface area contributed by atoms with E-state index < -0.39 is 0 Å². The zero-order chi connectivity index (χ0) is 31.2. The molecule has 0 bridgehead atoms. The fraction of sp³-hybridized carbons (Fsp3) is 0.950. The molecule has 0 saturated heterocycles. The minimum atomic E-state index is 0.244. The van der Waals surface area contributed by atoms with Crippen LogP contribution in [0.25, 0.3) is 0 Å². The highest BCUT2D eigenvalue weighted by atomic mass is 16.5. The maximum atomic E-state index is 13.5. The third-order valence-electron chi connectivity index (χ3n) is 13.9. The van der Waals surface area contributed by atoms with Gasteiger partial charge in [0.05, 0.1) is 30.5 Å². The summed E-state index contributed by atoms with van der Waals surface area (Å²) in [6.07, 6.45) is 29.4. The zero-order valence-electron chi connectivity index (χ0n) is 28.9. The minimum Gasteiger partial charge on any atom is -0.381 e. The van der Waals surface area contributed by atoms with Crippen LogP contribution >= 0.6 is 0 Å². The number of ether oxygens (including phenoxy) is 3. The summed E-state index contributed by atoms with van der Waals surface area (Å²) in [5.41, 5.74) is 0. The van der Waals surface area contributed by atoms with Crippen molar-refractivity contribution in [3.8, 4) is 0 Å². The van der Waals surface area contributed by atoms with Crippen LogP contribution in [0.2, 0.25) is 0 Å². The summed E-state index contributed by atoms with van der Waals surface area (Å²) in [5.74, 6) is 4.84. The molecule has 0 amide bonds. The largest absolute Gasteiger partial charge is 0.381 e. The van der Waals surface area contributed by atoms with Gasteiger partial charge in [-0.25, -0.2) is 0 Å². The van der Waals surface area contributed by atoms with Gasteiger partial charge in [0.1, 0.15) is 11.6 Å². The Hall–Kier alpha value is -0.780. The summed E-state index contributed by atoms with van der Waals surface area (Å²) >= 11 is 0. The molecule has 6 rings (SSSR count). The Morgan fingerprint density at radius 3 is 0.956 bits per heavy atom. The third kappa shape index (κ3) is 9.23. The average molecular weight is 627 g/mol. The first-order valence-corrected chi connectivity index (χ1v) is 19.9. The molecule has 0 atom stereocenters. The Morgan fingerprint density at radius 2 is 0.644 bits per heavy atom. The lowest BCUT2D eigenvalue weighted by atomic mass is 9.72. The summed E-state index contributed by atoms with van der Waals surface area (Å²) < 4.78 is 18.8. The smallest absolute Gasteiger partial charge is 0.139 e. The molecule has 6 aliphatic rings. The fourth-order valence-corrected chi connectivity index (χ4v) is 10.7. The van der Waals surface area contributed by atoms with Crippen molar-refractivity contribution in [2.75, 3.05) is 7.11 Å². The monoisotopic (exact) mass is 626 g/mol. The van der Waals surface area contributed by atoms with Crippen LogP contribution in [0.4, 0.5) is 0 Å². The van der Waals surface area contributed by atoms with Gasteiger partial charge in [0.2, 0.25) is 0 Å². The van der Waals surface area contributed by atoms with Crippen LogP contribution in [-0.2, 0) is 23.8 Å². The Balaban J connectivity index is 0.828. The summed E-state index contributed by atoms with van der Waals surface area (Å²) in [7, 11) is 1.87. The minimum absolute atomic E-state index is 0.244. The molecule has 0 aromatic rings. The molecule has 5 nitrogen and oxygen atoms in total. The third-order valence-corrected chi connectivity index (χ3v) is 13.9. The first kappa shape index (κ1) is 34.1. The number of carbonyl (C=O) groups is 2. The highest BCUT2D eigenvalue weighted by Crippen LogP contribution is 2.42. The standard InChI is InChI=1S/C40H66O5/c1-27-3-5-30(6-4-27)39(41)31-11-21-37(22-12-31)45-38-25-15-33(16-26-38)40(42)32-13-23-36(24-14-32)44-35-19-9-29(10-20-35)28-7-17-34(43-2)18-8-28/h27-38H,3-26H2,1-2H3. The zero-order valence-corrected chi connectivity index (χ0v) is 28.9. The van der Waals surface area contributed by atoms with Gasteiger partial charge in [-0.05, 0) is 159 Å². The molecule has 256 valence electrons. The van der Waals surface area contributed by atoms with Gasteiger partial charge < -0.3 is 14.2 Å². The van der Waals surface area contributed by atoms with Crippen molar-refractivity contribution < 1.29 is 23.8 Å². The molecule has 6 fully saturated rings. The van der Waals surface area contributed by atoms with E-state index in [1.807, 2.05) is 7.11 Å². The van der Waals surface area contributed by atoms with Crippen molar-refractivity contribution in [2.24, 2.45) is 41.4 Å². The van der Waals surface area contributed by atoms with Crippen LogP contribution in [-0.4, -0.2) is 49.2 Å². The lowest BCUT2D eigenvalue weighted by molar-refractivity contribution is -0.133. The number of hydrogen-bond donors (Lipinski definition) is 0. The van der Waals surface area contributed by atoms with Crippen LogP contribution in [0.1, 0.15) is 161 Å². The second-order valence-electron chi connectivity index (χ2n) is 16.8. The lowest BCUT2D eigenvalue weighted by Gasteiger charge is -2.39. The Morgan fingerprint density at radius 1 is 0.378 bits per heavy atom. The Labute approximate surface area is 275 Å². The van der Waals surface area contributed by atoms with Crippen molar-refractivity contribution >= 4 is 11.6 Å². The molecule has 0 unspecified atom stereocenters. The van der Waals surface area contributed by atoms with Gasteiger partial charge in [0.15, 0.2) is 0 Å². The van der Waals surface area contributed by atoms with Gasteiger partial charge in [-0.1, -0.05) is 19.8 Å². The van der Waals surface area contributed by atoms with E-state index in [1.54, 1.807) is 0 Å². The number of hydrogen-bond acceptors (Lipinski definition) is 5. The quantitative estimate of drug-likeness (QED) is 0.242. The van der Waals surface area contributed by atoms with E-state index >= 15 is 0 Å². The predicted octanol–water partition coefficient (Wildman–Crippen LogP) is 9.42. The Bertz CT molecular complexity index is 901. The van der Waals surface area contributed by atoms with E-state index in [-0.39, 0.29) is 17.8 Å². The van der Waals surface area contributed by atoms with E-state index in [0.29, 0.717) is 48.0 Å². The Kier molecular flexibility index (Phi) is 12.5. The molecule has 0 heterocycles. The molecule has 6 aliphatic carbocycles. The molecule has 0 aromatic heterocycles. The van der Waals surface area contributed by atoms with E-state index in [0.717, 1.165) is 108 Å². The van der Waals surface area contributed by atoms with Crippen LogP contribution < -0.4 is 0 Å². The molecule has 6 saturated carbocycles. The van der Waals surface area contributed by atoms with Crippen molar-refractivity contribution in [2.45, 2.75) is 192 Å². The van der Waals surface area contributed by atoms with Crippen LogP contribution in [0, 0.1) is 41.4 Å². The molecule has 0 spiro atoms. The summed E-state index contributed by atoms with van der Waals surface area (Å²) in [5, 5.41) is 0. The van der Waals surface area contributed by atoms with Crippen molar-refractivity contribution in [1.29, 1.82) is 0 Å². The van der Waals surface area contributed by atoms with E-state index in [9.17, 15) is 9.59 Å². The predicted molar refractivity (Wildman–Crippen MR) is 179 cm³/mol. The molecule has 0 radical (unpaired) electrons. The fourth-order valence-electron chi connectivity index (χ4n) is 10.7. The molecular weight excluding hydrogens is 560 g/mol. The van der Waals surface area contributed by atoms with Crippen molar-refractivity contribution in [3.05, 3.63) is 0 Å². The maximum Gasteiger partial charge on any atom is 0.139 e. The van der Waals surface area contributed by atoms with E-state index in [4.69, 9.17) is 14.2 Å². The number of rotatable bonds is 10. The van der Waals surface area contributed by atoms with E-state index in [1.165, 1.54) is 64.2 Å². The van der Waals surface area contributed by atoms with Gasteiger partial charge in [0, 0.05) is 30.8 Å². The topological polar surface area (TPSA) is 61.8 Å². The molecule has 45 heavy (non-hydrogen) atoms. The molecular formula is C40H66O5. The molecule has 0 aromatic carbocycles. The summed E-state index contributed by atoms with van der Waals surface area (Å²) in [6, 6.07) is 0. The SMILES string of the molecule is COC1CCC(C2CCC(OC3CCC(C(=O)C4CCC(OC5CCC(C(=O)C6CCC(C)CC6)CC5)CC4)CC3)CC2)CC1. The second-order valence-corrected chi connectivity index (χ2v) is 16.8. The lowest BCUT2D eigenvalue weighted by Crippen LogP contribution is -2.37. The highest BCUT2D eigenvalue weighted by molar-refractivity contribution is 5.84. The maximum absolute atomic E-state index is 13.5. The average Bonchev–Trinajstić information content (AvgIpc) is 3.09. The van der Waals surface area contributed by atoms with Gasteiger partial charge >= 0.3 is 0 Å².